The van der Waals surface area contributed by atoms with Gasteiger partial charge in [-0.1, -0.05) is 127 Å². The fraction of sp³-hybridized carbons (Fsp3) is 0.0690. The predicted octanol–water partition coefficient (Wildman–Crippen LogP) is 20.0. The molecule has 112 heavy (non-hydrogen) atoms. The normalized spacial score (nSPS) is 11.3. The van der Waals surface area contributed by atoms with Gasteiger partial charge in [-0.2, -0.15) is 25.5 Å². The number of rotatable bonds is 11. The van der Waals surface area contributed by atoms with Gasteiger partial charge in [0.1, 0.15) is 50.8 Å². The summed E-state index contributed by atoms with van der Waals surface area (Å²) in [6, 6.07) is 75.6. The van der Waals surface area contributed by atoms with Gasteiger partial charge in [0.15, 0.2) is 23.1 Å². The number of nitrogens with one attached hydrogen (secondary N) is 3. The summed E-state index contributed by atoms with van der Waals surface area (Å²) in [6.45, 7) is 0.301. The number of aromatic nitrogens is 10. The molecule has 0 bridgehead atoms. The number of nitrogens with zero attached hydrogens (tertiary/aromatic N) is 7. The third-order valence-electron chi connectivity index (χ3n) is 19.4. The lowest BCUT2D eigenvalue weighted by atomic mass is 10.0. The molecule has 0 radical (unpaired) electrons. The Morgan fingerprint density at radius 2 is 0.991 bits per heavy atom. The number of hydrogen-bond acceptors (Lipinski definition) is 16. The van der Waals surface area contributed by atoms with Gasteiger partial charge in [0, 0.05) is 74.8 Å². The average molecular weight is 1520 g/mol. The molecule has 554 valence electrons. The van der Waals surface area contributed by atoms with Crippen LogP contribution in [0.25, 0.3) is 162 Å². The number of carboxylic acids is 2. The summed E-state index contributed by atoms with van der Waals surface area (Å²) in [4.78, 5) is 25.0. The molecule has 0 saturated heterocycles. The third kappa shape index (κ3) is 13.6. The first-order valence-electron chi connectivity index (χ1n) is 35.0. The second-order valence-electron chi connectivity index (χ2n) is 26.2. The van der Waals surface area contributed by atoms with Crippen LogP contribution in [0.15, 0.2) is 241 Å². The van der Waals surface area contributed by atoms with Crippen LogP contribution >= 0.6 is 22.7 Å². The standard InChI is InChI=1S/C19H14N2O3.C18H14FN3.C17H15N3OS.C17H12N2O3S.C16H12FN3O/c1-24-17-10-16-14(9-15(17)19(22)23)18(21-20-16)13-7-6-11-4-2-3-5-12(11)8-13;19-16-8-11(10-20)7-15-17(21-22-18(15)16)14-6-5-12-3-1-2-4-13(12)9-14;1-20-12-8-7-11(18)17(21-2)15(12)16(19-20)14-9-10-5-3-4-6-13(10)22-14;1-22-13-8-12-10(7-11(13)17(20)21)16(19-18-12)15-6-9-4-2-3-5-14(9)23-15;1-20-11-7-6-10(18)15(17)14(11)16(19-20)13-8-9-4-2-3-5-12(9)21-13/h2-10H,1H3,(H,20,21)(H,22,23);1-9H,10,20H2,(H,21,22);3-9H,18H2,1-2H3;2-8H,1H3,(H,18,19)(H,20,21);2-8H,18H2,1H3. The number of nitrogens with two attached hydrogens (primary N) is 3. The Hall–Kier alpha value is -14.3. The Balaban J connectivity index is 0.000000106. The molecule has 0 spiro atoms. The number of aromatic carboxylic acids is 2. The van der Waals surface area contributed by atoms with E-state index in [-0.39, 0.29) is 22.6 Å². The zero-order valence-electron chi connectivity index (χ0n) is 60.5. The minimum Gasteiger partial charge on any atom is -0.496 e. The van der Waals surface area contributed by atoms with Gasteiger partial charge >= 0.3 is 11.9 Å². The highest BCUT2D eigenvalue weighted by Crippen LogP contribution is 2.44. The monoisotopic (exact) mass is 1520 g/mol. The van der Waals surface area contributed by atoms with Crippen molar-refractivity contribution in [1.82, 2.24) is 50.2 Å². The Morgan fingerprint density at radius 1 is 0.482 bits per heavy atom. The average Bonchev–Trinajstić information content (AvgIpc) is 1.62. The topological polar surface area (TPSA) is 315 Å². The number of anilines is 2. The number of ether oxygens (including phenoxy) is 3. The first-order chi connectivity index (χ1) is 54.4. The van der Waals surface area contributed by atoms with Gasteiger partial charge in [-0.15, -0.1) is 22.7 Å². The highest BCUT2D eigenvalue weighted by atomic mass is 32.1. The molecule has 0 unspecified atom stereocenters. The number of hydrogen-bond donors (Lipinski definition) is 8. The van der Waals surface area contributed by atoms with Crippen LogP contribution in [-0.4, -0.2) is 93.6 Å². The Kier molecular flexibility index (Phi) is 19.3. The van der Waals surface area contributed by atoms with Crippen molar-refractivity contribution in [2.45, 2.75) is 6.54 Å². The van der Waals surface area contributed by atoms with Crippen molar-refractivity contribution in [2.75, 3.05) is 32.8 Å². The first-order valence-corrected chi connectivity index (χ1v) is 36.7. The molecule has 8 aromatic heterocycles. The van der Waals surface area contributed by atoms with Crippen molar-refractivity contribution in [2.24, 2.45) is 19.8 Å². The van der Waals surface area contributed by atoms with E-state index in [0.717, 1.165) is 120 Å². The van der Waals surface area contributed by atoms with E-state index in [4.69, 9.17) is 40.9 Å². The lowest BCUT2D eigenvalue weighted by Gasteiger charge is -2.06. The van der Waals surface area contributed by atoms with Crippen LogP contribution in [0, 0.1) is 11.6 Å². The third-order valence-corrected chi connectivity index (χ3v) is 21.6. The van der Waals surface area contributed by atoms with E-state index in [1.807, 2.05) is 127 Å². The summed E-state index contributed by atoms with van der Waals surface area (Å²) >= 11 is 3.36. The number of nitrogen functional groups attached to an aromatic ring is 2. The van der Waals surface area contributed by atoms with Gasteiger partial charge in [-0.05, 0) is 135 Å². The number of benzene rings is 12. The minimum atomic E-state index is -1.03. The molecule has 25 heteroatoms. The summed E-state index contributed by atoms with van der Waals surface area (Å²) in [5.41, 5.74) is 29.0. The summed E-state index contributed by atoms with van der Waals surface area (Å²) < 4.78 is 56.0. The molecular weight excluding hydrogens is 1460 g/mol. The molecule has 0 saturated carbocycles. The maximum absolute atomic E-state index is 14.4. The number of fused-ring (bicyclic) bond motifs is 10. The van der Waals surface area contributed by atoms with E-state index in [1.165, 1.54) is 40.5 Å². The van der Waals surface area contributed by atoms with Crippen LogP contribution in [0.3, 0.4) is 0 Å². The second-order valence-corrected chi connectivity index (χ2v) is 28.4. The number of H-pyrrole nitrogens is 3. The highest BCUT2D eigenvalue weighted by Gasteiger charge is 2.24. The molecule has 20 aromatic rings. The fourth-order valence-electron chi connectivity index (χ4n) is 13.9. The van der Waals surface area contributed by atoms with Crippen LogP contribution in [-0.2, 0) is 20.6 Å². The molecule has 0 aliphatic heterocycles. The molecule has 21 nitrogen and oxygen atoms in total. The number of aromatic amines is 3. The minimum absolute atomic E-state index is 0.105. The smallest absolute Gasteiger partial charge is 0.339 e. The van der Waals surface area contributed by atoms with Crippen molar-refractivity contribution >= 4 is 153 Å². The Labute approximate surface area is 643 Å². The van der Waals surface area contributed by atoms with Gasteiger partial charge in [-0.25, -0.2) is 18.4 Å². The van der Waals surface area contributed by atoms with Crippen LogP contribution in [0.4, 0.5) is 20.2 Å². The van der Waals surface area contributed by atoms with Crippen molar-refractivity contribution < 1.29 is 47.2 Å². The first kappa shape index (κ1) is 72.0. The van der Waals surface area contributed by atoms with Gasteiger partial charge < -0.3 is 46.0 Å². The Bertz CT molecular complexity index is 6950. The molecule has 20 rings (SSSR count). The summed E-state index contributed by atoms with van der Waals surface area (Å²) in [5.74, 6) is -1.01. The summed E-state index contributed by atoms with van der Waals surface area (Å²) in [6.07, 6.45) is 0. The Morgan fingerprint density at radius 3 is 1.56 bits per heavy atom. The second kappa shape index (κ2) is 30.1. The number of para-hydroxylation sites is 1. The SMILES string of the molecule is COc1c(N)ccc2c1c(-c1cc3ccccc3s1)nn2C.COc1cc2[nH]nc(-c3cc4ccccc4s3)c2cc1C(=O)O.COc1cc2[nH]nc(-c3ccc4ccccc4c3)c2cc1C(=O)O.Cn1nc(-c2cc3ccccc3o2)c2c(F)c(N)ccc21.NCc1cc(F)c2n[nH]c(-c3ccc4ccccc4c3)c2c1. The number of halogens is 2. The predicted molar refractivity (Wildman–Crippen MR) is 443 cm³/mol. The van der Waals surface area contributed by atoms with E-state index in [1.54, 1.807) is 77.9 Å². The van der Waals surface area contributed by atoms with Crippen LogP contribution in [0.2, 0.25) is 0 Å². The zero-order valence-corrected chi connectivity index (χ0v) is 62.1. The lowest BCUT2D eigenvalue weighted by Crippen LogP contribution is -2.00. The largest absolute Gasteiger partial charge is 0.496 e. The van der Waals surface area contributed by atoms with Crippen molar-refractivity contribution in [3.63, 3.8) is 0 Å². The van der Waals surface area contributed by atoms with Crippen LogP contribution in [0.1, 0.15) is 26.3 Å². The van der Waals surface area contributed by atoms with E-state index >= 15 is 0 Å². The molecule has 0 atom stereocenters. The molecule has 0 aliphatic carbocycles. The maximum atomic E-state index is 14.4. The maximum Gasteiger partial charge on any atom is 0.339 e. The van der Waals surface area contributed by atoms with Gasteiger partial charge in [0.25, 0.3) is 0 Å². The highest BCUT2D eigenvalue weighted by molar-refractivity contribution is 7.22. The van der Waals surface area contributed by atoms with Crippen LogP contribution in [0.5, 0.6) is 17.2 Å². The van der Waals surface area contributed by atoms with E-state index in [2.05, 4.69) is 115 Å². The molecule has 12 aromatic carbocycles. The number of aryl methyl sites for hydroxylation is 2. The molecule has 0 aliphatic rings. The van der Waals surface area contributed by atoms with E-state index in [9.17, 15) is 28.6 Å². The number of carboxylic acid groups (broad SMARTS) is 2. The number of carbonyl (C=O) groups is 2. The molecule has 11 N–H and O–H groups in total. The van der Waals surface area contributed by atoms with E-state index < -0.39 is 17.8 Å². The van der Waals surface area contributed by atoms with Crippen molar-refractivity contribution in [3.05, 3.63) is 265 Å². The summed E-state index contributed by atoms with van der Waals surface area (Å²) in [7, 11) is 8.26. The van der Waals surface area contributed by atoms with Crippen molar-refractivity contribution in [1.29, 1.82) is 0 Å². The zero-order chi connectivity index (χ0) is 77.6. The van der Waals surface area contributed by atoms with Gasteiger partial charge in [-0.3, -0.25) is 24.7 Å². The van der Waals surface area contributed by atoms with E-state index in [0.29, 0.717) is 57.4 Å². The number of methoxy groups -OCH3 is 3. The summed E-state index contributed by atoms with van der Waals surface area (Å²) in [5, 5.41) is 61.1. The van der Waals surface area contributed by atoms with Crippen molar-refractivity contribution in [3.8, 4) is 72.4 Å². The number of thiophene rings is 2. The van der Waals surface area contributed by atoms with Crippen LogP contribution < -0.4 is 31.4 Å². The van der Waals surface area contributed by atoms with Gasteiger partial charge in [0.05, 0.1) is 86.7 Å². The lowest BCUT2D eigenvalue weighted by molar-refractivity contribution is 0.0682. The quantitative estimate of drug-likeness (QED) is 0.0558. The fourth-order valence-corrected chi connectivity index (χ4v) is 16.0. The number of furan rings is 1. The molecular formula is C87H67F2N13O8S2. The molecule has 0 amide bonds. The molecule has 0 fully saturated rings. The van der Waals surface area contributed by atoms with Gasteiger partial charge in [0.2, 0.25) is 0 Å². The molecule has 8 heterocycles.